The number of aryl methyl sites for hydroxylation is 1. The molecule has 6 nitrogen and oxygen atoms in total. The smallest absolute Gasteiger partial charge is 0.264 e. The van der Waals surface area contributed by atoms with Gasteiger partial charge in [-0.05, 0) is 36.8 Å². The minimum atomic E-state index is -3.99. The van der Waals surface area contributed by atoms with E-state index < -0.39 is 15.8 Å². The molecule has 1 heterocycles. The fourth-order valence-corrected chi connectivity index (χ4v) is 3.64. The highest BCUT2D eigenvalue weighted by Crippen LogP contribution is 2.25. The van der Waals surface area contributed by atoms with Gasteiger partial charge in [0.1, 0.15) is 5.82 Å². The van der Waals surface area contributed by atoms with Crippen LogP contribution >= 0.6 is 0 Å². The first kappa shape index (κ1) is 16.8. The van der Waals surface area contributed by atoms with Gasteiger partial charge in [0.15, 0.2) is 0 Å². The third-order valence-corrected chi connectivity index (χ3v) is 5.08. The van der Waals surface area contributed by atoms with E-state index in [1.54, 1.807) is 19.1 Å². The van der Waals surface area contributed by atoms with E-state index in [4.69, 9.17) is 0 Å². The van der Waals surface area contributed by atoms with Gasteiger partial charge in [0.2, 0.25) is 0 Å². The lowest BCUT2D eigenvalue weighted by molar-refractivity contribution is 0.598. The highest BCUT2D eigenvalue weighted by Gasteiger charge is 2.19. The van der Waals surface area contributed by atoms with Gasteiger partial charge in [0.25, 0.3) is 15.6 Å². The molecule has 2 aromatic carbocycles. The maximum Gasteiger partial charge on any atom is 0.264 e. The molecule has 0 amide bonds. The maximum absolute atomic E-state index is 13.7. The summed E-state index contributed by atoms with van der Waals surface area (Å²) < 4.78 is 41.3. The van der Waals surface area contributed by atoms with E-state index in [-0.39, 0.29) is 16.1 Å². The lowest BCUT2D eigenvalue weighted by Crippen LogP contribution is -2.15. The SMILES string of the molecule is Cc1ccc(-c2ccc(=O)[nH]n2)cc1S(=O)(=O)Nc1ccccc1F. The van der Waals surface area contributed by atoms with Gasteiger partial charge in [-0.1, -0.05) is 24.3 Å². The van der Waals surface area contributed by atoms with E-state index in [1.165, 1.54) is 42.5 Å². The van der Waals surface area contributed by atoms with Crippen molar-refractivity contribution < 1.29 is 12.8 Å². The minimum Gasteiger partial charge on any atom is -0.277 e. The number of para-hydroxylation sites is 1. The van der Waals surface area contributed by atoms with Gasteiger partial charge in [-0.15, -0.1) is 0 Å². The highest BCUT2D eigenvalue weighted by atomic mass is 32.2. The molecule has 0 aliphatic heterocycles. The molecule has 0 spiro atoms. The van der Waals surface area contributed by atoms with E-state index in [2.05, 4.69) is 14.9 Å². The average Bonchev–Trinajstić information content (AvgIpc) is 2.58. The van der Waals surface area contributed by atoms with Crippen LogP contribution in [0.5, 0.6) is 0 Å². The Balaban J connectivity index is 2.04. The largest absolute Gasteiger partial charge is 0.277 e. The van der Waals surface area contributed by atoms with E-state index in [9.17, 15) is 17.6 Å². The number of H-pyrrole nitrogens is 1. The first-order chi connectivity index (χ1) is 11.9. The van der Waals surface area contributed by atoms with E-state index >= 15 is 0 Å². The first-order valence-corrected chi connectivity index (χ1v) is 8.79. The summed E-state index contributed by atoms with van der Waals surface area (Å²) in [5, 5.41) is 6.18. The van der Waals surface area contributed by atoms with Crippen molar-refractivity contribution in [3.8, 4) is 11.3 Å². The first-order valence-electron chi connectivity index (χ1n) is 7.31. The van der Waals surface area contributed by atoms with Crippen molar-refractivity contribution >= 4 is 15.7 Å². The van der Waals surface area contributed by atoms with Crippen molar-refractivity contribution in [1.82, 2.24) is 10.2 Å². The molecular formula is C17H14FN3O3S. The molecule has 1 aromatic heterocycles. The monoisotopic (exact) mass is 359 g/mol. The van der Waals surface area contributed by atoms with Crippen molar-refractivity contribution in [2.75, 3.05) is 4.72 Å². The average molecular weight is 359 g/mol. The number of nitrogens with one attached hydrogen (secondary N) is 2. The van der Waals surface area contributed by atoms with Gasteiger partial charge < -0.3 is 0 Å². The maximum atomic E-state index is 13.7. The Morgan fingerprint density at radius 1 is 1.08 bits per heavy atom. The van der Waals surface area contributed by atoms with Crippen LogP contribution in [0, 0.1) is 12.7 Å². The van der Waals surface area contributed by atoms with Gasteiger partial charge in [-0.3, -0.25) is 9.52 Å². The zero-order valence-corrected chi connectivity index (χ0v) is 14.0. The van der Waals surface area contributed by atoms with E-state index in [0.717, 1.165) is 0 Å². The topological polar surface area (TPSA) is 91.9 Å². The molecule has 0 saturated carbocycles. The molecule has 0 atom stereocenters. The summed E-state index contributed by atoms with van der Waals surface area (Å²) in [5.74, 6) is -0.665. The number of aromatic amines is 1. The number of aromatic nitrogens is 2. The Labute approximate surface area is 143 Å². The van der Waals surface area contributed by atoms with Crippen LogP contribution in [0.15, 0.2) is 64.3 Å². The van der Waals surface area contributed by atoms with E-state index in [1.807, 2.05) is 0 Å². The van der Waals surface area contributed by atoms with Gasteiger partial charge in [0.05, 0.1) is 16.3 Å². The predicted octanol–water partition coefficient (Wildman–Crippen LogP) is 2.69. The third kappa shape index (κ3) is 3.58. The fourth-order valence-electron chi connectivity index (χ4n) is 2.30. The van der Waals surface area contributed by atoms with Crippen molar-refractivity contribution in [1.29, 1.82) is 0 Å². The molecule has 8 heteroatoms. The molecule has 0 radical (unpaired) electrons. The number of nitrogens with zero attached hydrogens (tertiary/aromatic N) is 1. The van der Waals surface area contributed by atoms with Crippen molar-refractivity contribution in [2.24, 2.45) is 0 Å². The Hall–Kier alpha value is -3.00. The summed E-state index contributed by atoms with van der Waals surface area (Å²) in [6.07, 6.45) is 0. The number of anilines is 1. The molecule has 0 saturated heterocycles. The molecule has 3 rings (SSSR count). The molecule has 3 aromatic rings. The molecule has 2 N–H and O–H groups in total. The molecule has 0 aliphatic carbocycles. The van der Waals surface area contributed by atoms with Crippen molar-refractivity contribution in [3.05, 3.63) is 76.3 Å². The summed E-state index contributed by atoms with van der Waals surface area (Å²) in [5.41, 5.74) is 0.939. The van der Waals surface area contributed by atoms with Crippen LogP contribution in [-0.2, 0) is 10.0 Å². The highest BCUT2D eigenvalue weighted by molar-refractivity contribution is 7.92. The summed E-state index contributed by atoms with van der Waals surface area (Å²) in [6.45, 7) is 1.64. The molecular weight excluding hydrogens is 345 g/mol. The zero-order valence-electron chi connectivity index (χ0n) is 13.2. The number of hydrogen-bond acceptors (Lipinski definition) is 4. The Morgan fingerprint density at radius 3 is 2.52 bits per heavy atom. The second-order valence-corrected chi connectivity index (χ2v) is 7.02. The van der Waals surface area contributed by atoms with Crippen LogP contribution in [0.3, 0.4) is 0 Å². The fraction of sp³-hybridized carbons (Fsp3) is 0.0588. The molecule has 128 valence electrons. The van der Waals surface area contributed by atoms with Gasteiger partial charge in [0, 0.05) is 11.6 Å². The van der Waals surface area contributed by atoms with Gasteiger partial charge >= 0.3 is 0 Å². The van der Waals surface area contributed by atoms with Crippen LogP contribution < -0.4 is 10.3 Å². The number of hydrogen-bond donors (Lipinski definition) is 2. The summed E-state index contributed by atoms with van der Waals surface area (Å²) in [7, 11) is -3.99. The van der Waals surface area contributed by atoms with Crippen LogP contribution in [0.1, 0.15) is 5.56 Å². The lowest BCUT2D eigenvalue weighted by Gasteiger charge is -2.12. The molecule has 0 unspecified atom stereocenters. The normalized spacial score (nSPS) is 11.3. The summed E-state index contributed by atoms with van der Waals surface area (Å²) >= 11 is 0. The van der Waals surface area contributed by atoms with Crippen LogP contribution in [0.25, 0.3) is 11.3 Å². The summed E-state index contributed by atoms with van der Waals surface area (Å²) in [6, 6.07) is 13.1. The van der Waals surface area contributed by atoms with Gasteiger partial charge in [-0.2, -0.15) is 5.10 Å². The number of benzene rings is 2. The molecule has 0 fully saturated rings. The molecule has 25 heavy (non-hydrogen) atoms. The van der Waals surface area contributed by atoms with E-state index in [0.29, 0.717) is 16.8 Å². The summed E-state index contributed by atoms with van der Waals surface area (Å²) in [4.78, 5) is 11.1. The van der Waals surface area contributed by atoms with Crippen molar-refractivity contribution in [3.63, 3.8) is 0 Å². The van der Waals surface area contributed by atoms with Crippen LogP contribution in [0.2, 0.25) is 0 Å². The number of halogens is 1. The molecule has 0 aliphatic rings. The number of sulfonamides is 1. The predicted molar refractivity (Wildman–Crippen MR) is 92.2 cm³/mol. The standard InChI is InChI=1S/C17H14FN3O3S/c1-11-6-7-12(14-8-9-17(22)20-19-14)10-16(11)25(23,24)21-15-5-3-2-4-13(15)18/h2-10,21H,1H3,(H,20,22). The van der Waals surface area contributed by atoms with Crippen molar-refractivity contribution in [2.45, 2.75) is 11.8 Å². The Bertz CT molecular complexity index is 1070. The lowest BCUT2D eigenvalue weighted by atomic mass is 10.1. The van der Waals surface area contributed by atoms with Gasteiger partial charge in [-0.25, -0.2) is 17.9 Å². The minimum absolute atomic E-state index is 0.00116. The van der Waals surface area contributed by atoms with Crippen LogP contribution in [0.4, 0.5) is 10.1 Å². The molecule has 0 bridgehead atoms. The number of rotatable bonds is 4. The zero-order chi connectivity index (χ0) is 18.0. The Kier molecular flexibility index (Phi) is 4.37. The second kappa shape index (κ2) is 6.48. The second-order valence-electron chi connectivity index (χ2n) is 5.37. The Morgan fingerprint density at radius 2 is 1.84 bits per heavy atom. The van der Waals surface area contributed by atoms with Crippen LogP contribution in [-0.4, -0.2) is 18.6 Å². The quantitative estimate of drug-likeness (QED) is 0.749. The third-order valence-electron chi connectivity index (χ3n) is 3.57.